The Hall–Kier alpha value is -2.01. The Bertz CT molecular complexity index is 723. The van der Waals surface area contributed by atoms with Crippen LogP contribution in [0.5, 0.6) is 5.88 Å². The van der Waals surface area contributed by atoms with E-state index in [0.29, 0.717) is 12.4 Å². The van der Waals surface area contributed by atoms with Crippen molar-refractivity contribution < 1.29 is 14.6 Å². The first-order valence-electron chi connectivity index (χ1n) is 6.64. The lowest BCUT2D eigenvalue weighted by Gasteiger charge is -2.13. The van der Waals surface area contributed by atoms with Crippen molar-refractivity contribution in [1.82, 2.24) is 9.78 Å². The third kappa shape index (κ3) is 1.86. The smallest absolute Gasteiger partial charge is 0.240 e. The van der Waals surface area contributed by atoms with Gasteiger partial charge in [-0.15, -0.1) is 5.10 Å². The van der Waals surface area contributed by atoms with E-state index >= 15 is 0 Å². The molecule has 5 nitrogen and oxygen atoms in total. The third-order valence-corrected chi connectivity index (χ3v) is 3.57. The predicted molar refractivity (Wildman–Crippen MR) is 75.4 cm³/mol. The lowest BCUT2D eigenvalue weighted by molar-refractivity contribution is 0.166. The van der Waals surface area contributed by atoms with E-state index in [2.05, 4.69) is 17.3 Å². The standard InChI is InChI=1S/C15H18N2O3/c1-9(18)8-17-12-7-11-10(5-4-6-13(11)19-2)14(12)15(16-17)20-3/h4,6-7,9,18H,5,8H2,1-3H3/t9-/m0/s1. The van der Waals surface area contributed by atoms with Gasteiger partial charge in [-0.2, -0.15) is 0 Å². The van der Waals surface area contributed by atoms with Gasteiger partial charge in [-0.05, 0) is 31.1 Å². The van der Waals surface area contributed by atoms with Crippen LogP contribution in [-0.2, 0) is 11.3 Å². The summed E-state index contributed by atoms with van der Waals surface area (Å²) >= 11 is 0. The van der Waals surface area contributed by atoms with Crippen LogP contribution in [0, 0.1) is 0 Å². The maximum absolute atomic E-state index is 9.60. The maximum atomic E-state index is 9.60. The van der Waals surface area contributed by atoms with Gasteiger partial charge in [-0.3, -0.25) is 4.68 Å². The molecular formula is C15H18N2O3. The number of fused-ring (bicyclic) bond motifs is 2. The lowest BCUT2D eigenvalue weighted by Crippen LogP contribution is -2.31. The molecule has 0 radical (unpaired) electrons. The predicted octanol–water partition coefficient (Wildman–Crippen LogP) is 0.0777. The van der Waals surface area contributed by atoms with E-state index in [1.807, 2.05) is 6.08 Å². The summed E-state index contributed by atoms with van der Waals surface area (Å²) in [4.78, 5) is 0. The van der Waals surface area contributed by atoms with Crippen LogP contribution in [0.4, 0.5) is 0 Å². The van der Waals surface area contributed by atoms with Crippen molar-refractivity contribution >= 4 is 11.6 Å². The fraction of sp³-hybridized carbons (Fsp3) is 0.400. The molecule has 1 atom stereocenters. The van der Waals surface area contributed by atoms with Crippen LogP contribution in [0.15, 0.2) is 23.5 Å². The summed E-state index contributed by atoms with van der Waals surface area (Å²) in [5.41, 5.74) is 2.26. The van der Waals surface area contributed by atoms with E-state index < -0.39 is 6.10 Å². The zero-order chi connectivity index (χ0) is 14.3. The molecule has 1 heterocycles. The van der Waals surface area contributed by atoms with Crippen molar-refractivity contribution in [2.75, 3.05) is 14.2 Å². The monoisotopic (exact) mass is 274 g/mol. The second-order valence-electron chi connectivity index (χ2n) is 5.01. The first-order valence-corrected chi connectivity index (χ1v) is 6.64. The van der Waals surface area contributed by atoms with Crippen LogP contribution >= 0.6 is 0 Å². The van der Waals surface area contributed by atoms with Crippen molar-refractivity contribution in [3.63, 3.8) is 0 Å². The molecule has 0 fully saturated rings. The van der Waals surface area contributed by atoms with Gasteiger partial charge in [0.1, 0.15) is 5.76 Å². The normalized spacial score (nSPS) is 17.7. The summed E-state index contributed by atoms with van der Waals surface area (Å²) in [5, 5.41) is 16.0. The van der Waals surface area contributed by atoms with Crippen LogP contribution in [0.2, 0.25) is 0 Å². The number of methoxy groups -OCH3 is 2. The SMILES string of the molecule is COC1=C2C=c3c(c(OC)nn3C[C@H](C)O)=C2CC=C1. The number of ether oxygens (including phenoxy) is 2. The van der Waals surface area contributed by atoms with E-state index in [0.717, 1.165) is 28.3 Å². The lowest BCUT2D eigenvalue weighted by atomic mass is 9.99. The first-order chi connectivity index (χ1) is 9.65. The van der Waals surface area contributed by atoms with Crippen molar-refractivity contribution in [2.45, 2.75) is 26.0 Å². The van der Waals surface area contributed by atoms with E-state index in [1.165, 1.54) is 5.57 Å². The molecule has 0 bridgehead atoms. The van der Waals surface area contributed by atoms with E-state index in [-0.39, 0.29) is 0 Å². The molecule has 0 spiro atoms. The van der Waals surface area contributed by atoms with E-state index in [9.17, 15) is 5.11 Å². The molecule has 2 aliphatic rings. The fourth-order valence-corrected chi connectivity index (χ4v) is 2.76. The molecule has 3 rings (SSSR count). The molecule has 0 saturated carbocycles. The number of aliphatic hydroxyl groups is 1. The maximum Gasteiger partial charge on any atom is 0.240 e. The van der Waals surface area contributed by atoms with E-state index in [1.54, 1.807) is 25.8 Å². The summed E-state index contributed by atoms with van der Waals surface area (Å²) < 4.78 is 12.6. The number of aromatic nitrogens is 2. The topological polar surface area (TPSA) is 56.5 Å². The number of allylic oxidation sites excluding steroid dienone is 3. The van der Waals surface area contributed by atoms with Crippen LogP contribution in [0.3, 0.4) is 0 Å². The zero-order valence-corrected chi connectivity index (χ0v) is 11.9. The van der Waals surface area contributed by atoms with Crippen molar-refractivity contribution in [3.05, 3.63) is 34.1 Å². The number of hydrogen-bond donors (Lipinski definition) is 1. The molecule has 2 aliphatic carbocycles. The molecule has 0 saturated heterocycles. The van der Waals surface area contributed by atoms with Gasteiger partial charge < -0.3 is 14.6 Å². The van der Waals surface area contributed by atoms with Gasteiger partial charge in [0.15, 0.2) is 0 Å². The van der Waals surface area contributed by atoms with Crippen molar-refractivity contribution in [1.29, 1.82) is 0 Å². The van der Waals surface area contributed by atoms with E-state index in [4.69, 9.17) is 9.47 Å². The van der Waals surface area contributed by atoms with Gasteiger partial charge >= 0.3 is 0 Å². The Balaban J connectivity index is 2.27. The van der Waals surface area contributed by atoms with Gasteiger partial charge in [0.25, 0.3) is 0 Å². The molecule has 1 aromatic rings. The van der Waals surface area contributed by atoms with Crippen molar-refractivity contribution in [2.24, 2.45) is 0 Å². The highest BCUT2D eigenvalue weighted by atomic mass is 16.5. The second-order valence-corrected chi connectivity index (χ2v) is 5.01. The molecule has 5 heteroatoms. The number of rotatable bonds is 4. The summed E-state index contributed by atoms with van der Waals surface area (Å²) in [6.45, 7) is 2.19. The highest BCUT2D eigenvalue weighted by Crippen LogP contribution is 2.29. The Kier molecular flexibility index (Phi) is 3.14. The summed E-state index contributed by atoms with van der Waals surface area (Å²) in [7, 11) is 3.29. The van der Waals surface area contributed by atoms with Gasteiger partial charge in [-0.1, -0.05) is 6.08 Å². The van der Waals surface area contributed by atoms with Crippen LogP contribution < -0.4 is 15.3 Å². The average Bonchev–Trinajstić information content (AvgIpc) is 2.96. The van der Waals surface area contributed by atoms with Gasteiger partial charge in [0.05, 0.1) is 37.4 Å². The Morgan fingerprint density at radius 2 is 2.20 bits per heavy atom. The number of aliphatic hydroxyl groups excluding tert-OH is 1. The van der Waals surface area contributed by atoms with Crippen LogP contribution in [0.1, 0.15) is 13.3 Å². The largest absolute Gasteiger partial charge is 0.496 e. The number of hydrogen-bond acceptors (Lipinski definition) is 4. The molecule has 1 aromatic heterocycles. The number of nitrogens with zero attached hydrogens (tertiary/aromatic N) is 2. The quantitative estimate of drug-likeness (QED) is 0.844. The van der Waals surface area contributed by atoms with Gasteiger partial charge in [0, 0.05) is 5.57 Å². The zero-order valence-electron chi connectivity index (χ0n) is 11.9. The third-order valence-electron chi connectivity index (χ3n) is 3.57. The summed E-state index contributed by atoms with van der Waals surface area (Å²) in [6, 6.07) is 0. The van der Waals surface area contributed by atoms with Gasteiger partial charge in [-0.25, -0.2) is 0 Å². The molecule has 1 N–H and O–H groups in total. The Morgan fingerprint density at radius 1 is 1.40 bits per heavy atom. The molecule has 0 aromatic carbocycles. The van der Waals surface area contributed by atoms with Crippen molar-refractivity contribution in [3.8, 4) is 5.88 Å². The molecule has 0 aliphatic heterocycles. The Labute approximate surface area is 117 Å². The molecule has 0 unspecified atom stereocenters. The fourth-order valence-electron chi connectivity index (χ4n) is 2.76. The van der Waals surface area contributed by atoms with Crippen LogP contribution in [-0.4, -0.2) is 35.2 Å². The minimum absolute atomic E-state index is 0.443. The highest BCUT2D eigenvalue weighted by molar-refractivity contribution is 5.85. The second kappa shape index (κ2) is 4.83. The highest BCUT2D eigenvalue weighted by Gasteiger charge is 2.24. The minimum Gasteiger partial charge on any atom is -0.496 e. The summed E-state index contributed by atoms with van der Waals surface area (Å²) in [6.07, 6.45) is 6.50. The molecular weight excluding hydrogens is 256 g/mol. The Morgan fingerprint density at radius 3 is 2.85 bits per heavy atom. The first kappa shape index (κ1) is 13.0. The van der Waals surface area contributed by atoms with Gasteiger partial charge in [0.2, 0.25) is 5.88 Å². The van der Waals surface area contributed by atoms with Crippen LogP contribution in [0.25, 0.3) is 11.6 Å². The minimum atomic E-state index is -0.460. The molecule has 0 amide bonds. The average molecular weight is 274 g/mol. The summed E-state index contributed by atoms with van der Waals surface area (Å²) in [5.74, 6) is 1.46. The molecule has 106 valence electrons. The molecule has 20 heavy (non-hydrogen) atoms.